The smallest absolute Gasteiger partial charge is 0.321 e. The van der Waals surface area contributed by atoms with Gasteiger partial charge in [0.25, 0.3) is 0 Å². The first-order valence-electron chi connectivity index (χ1n) is 7.44. The zero-order valence-corrected chi connectivity index (χ0v) is 11.3. The summed E-state index contributed by atoms with van der Waals surface area (Å²) in [7, 11) is 0. The average Bonchev–Trinajstić information content (AvgIpc) is 2.48. The van der Waals surface area contributed by atoms with Crippen LogP contribution in [0.4, 0.5) is 10.5 Å². The summed E-state index contributed by atoms with van der Waals surface area (Å²) in [6, 6.07) is 9.79. The molecule has 1 saturated carbocycles. The number of carbonyl (C=O) groups excluding carboxylic acids is 1. The molecule has 3 heteroatoms. The number of urea groups is 1. The lowest BCUT2D eigenvalue weighted by Gasteiger charge is -2.41. The van der Waals surface area contributed by atoms with Gasteiger partial charge in [-0.2, -0.15) is 0 Å². The van der Waals surface area contributed by atoms with Crippen LogP contribution in [0.5, 0.6) is 0 Å². The van der Waals surface area contributed by atoms with Crippen LogP contribution in [0.3, 0.4) is 0 Å². The molecule has 1 aliphatic heterocycles. The number of benzene rings is 1. The fraction of sp³-hybridized carbons (Fsp3) is 0.562. The molecule has 0 radical (unpaired) electrons. The number of likely N-dealkylation sites (tertiary alicyclic amines) is 1. The van der Waals surface area contributed by atoms with Crippen LogP contribution in [0.15, 0.2) is 30.3 Å². The molecule has 3 rings (SSSR count). The minimum Gasteiger partial charge on any atom is -0.324 e. The lowest BCUT2D eigenvalue weighted by molar-refractivity contribution is 0.108. The average molecular weight is 258 g/mol. The van der Waals surface area contributed by atoms with Gasteiger partial charge in [-0.25, -0.2) is 4.79 Å². The summed E-state index contributed by atoms with van der Waals surface area (Å²) in [5.74, 6) is 1.61. The molecule has 2 fully saturated rings. The fourth-order valence-corrected chi connectivity index (χ4v) is 3.51. The number of hydrogen-bond acceptors (Lipinski definition) is 1. The van der Waals surface area contributed by atoms with E-state index in [4.69, 9.17) is 0 Å². The van der Waals surface area contributed by atoms with E-state index in [1.165, 1.54) is 32.1 Å². The molecule has 2 atom stereocenters. The van der Waals surface area contributed by atoms with E-state index in [2.05, 4.69) is 5.32 Å². The van der Waals surface area contributed by atoms with Gasteiger partial charge in [0.1, 0.15) is 0 Å². The van der Waals surface area contributed by atoms with E-state index in [9.17, 15) is 4.79 Å². The molecule has 102 valence electrons. The molecule has 0 aromatic heterocycles. The van der Waals surface area contributed by atoms with Gasteiger partial charge in [0.05, 0.1) is 0 Å². The van der Waals surface area contributed by atoms with E-state index in [-0.39, 0.29) is 6.03 Å². The minimum absolute atomic E-state index is 0.0650. The summed E-state index contributed by atoms with van der Waals surface area (Å²) in [5, 5.41) is 2.99. The van der Waals surface area contributed by atoms with E-state index in [0.717, 1.165) is 30.6 Å². The molecule has 0 unspecified atom stereocenters. The molecule has 1 N–H and O–H groups in total. The van der Waals surface area contributed by atoms with Crippen LogP contribution in [-0.2, 0) is 0 Å². The van der Waals surface area contributed by atoms with Crippen molar-refractivity contribution in [2.45, 2.75) is 32.1 Å². The van der Waals surface area contributed by atoms with E-state index in [1.807, 2.05) is 35.2 Å². The van der Waals surface area contributed by atoms with E-state index >= 15 is 0 Å². The number of fused-ring (bicyclic) bond motifs is 1. The Morgan fingerprint density at radius 1 is 1.05 bits per heavy atom. The van der Waals surface area contributed by atoms with Crippen LogP contribution in [0.25, 0.3) is 0 Å². The van der Waals surface area contributed by atoms with Gasteiger partial charge in [0, 0.05) is 18.8 Å². The summed E-state index contributed by atoms with van der Waals surface area (Å²) in [5.41, 5.74) is 0.887. The van der Waals surface area contributed by atoms with Gasteiger partial charge in [-0.15, -0.1) is 0 Å². The molecule has 2 aliphatic rings. The van der Waals surface area contributed by atoms with Crippen LogP contribution < -0.4 is 5.32 Å². The van der Waals surface area contributed by atoms with Gasteiger partial charge in [-0.1, -0.05) is 37.5 Å². The number of rotatable bonds is 1. The molecule has 1 aromatic rings. The number of para-hydroxylation sites is 1. The van der Waals surface area contributed by atoms with Crippen molar-refractivity contribution in [2.75, 3.05) is 18.4 Å². The highest BCUT2D eigenvalue weighted by Gasteiger charge is 2.32. The van der Waals surface area contributed by atoms with Crippen LogP contribution in [0.2, 0.25) is 0 Å². The van der Waals surface area contributed by atoms with Crippen molar-refractivity contribution in [3.63, 3.8) is 0 Å². The summed E-state index contributed by atoms with van der Waals surface area (Å²) in [4.78, 5) is 14.3. The molecule has 3 nitrogen and oxygen atoms in total. The van der Waals surface area contributed by atoms with Crippen molar-refractivity contribution in [1.82, 2.24) is 4.90 Å². The minimum atomic E-state index is 0.0650. The second-order valence-electron chi connectivity index (χ2n) is 5.84. The SMILES string of the molecule is O=C(Nc1ccccc1)N1CC[C@@H]2CCCC[C@H]2C1. The molecule has 1 heterocycles. The monoisotopic (exact) mass is 258 g/mol. The van der Waals surface area contributed by atoms with Crippen LogP contribution in [-0.4, -0.2) is 24.0 Å². The Morgan fingerprint density at radius 2 is 1.79 bits per heavy atom. The van der Waals surface area contributed by atoms with Crippen molar-refractivity contribution in [3.8, 4) is 0 Å². The summed E-state index contributed by atoms with van der Waals surface area (Å²) >= 11 is 0. The van der Waals surface area contributed by atoms with Crippen LogP contribution in [0.1, 0.15) is 32.1 Å². The van der Waals surface area contributed by atoms with Gasteiger partial charge in [-0.05, 0) is 36.8 Å². The van der Waals surface area contributed by atoms with Crippen molar-refractivity contribution < 1.29 is 4.79 Å². The van der Waals surface area contributed by atoms with Gasteiger partial charge < -0.3 is 10.2 Å². The van der Waals surface area contributed by atoms with Gasteiger partial charge >= 0.3 is 6.03 Å². The Bertz CT molecular complexity index is 432. The standard InChI is InChI=1S/C16H22N2O/c19-16(17-15-8-2-1-3-9-15)18-11-10-13-6-4-5-7-14(13)12-18/h1-3,8-9,13-14H,4-7,10-12H2,(H,17,19)/t13-,14-/m0/s1. The van der Waals surface area contributed by atoms with Crippen LogP contribution in [0, 0.1) is 11.8 Å². The Kier molecular flexibility index (Phi) is 3.72. The summed E-state index contributed by atoms with van der Waals surface area (Å²) in [6.07, 6.45) is 6.60. The third-order valence-corrected chi connectivity index (χ3v) is 4.60. The number of nitrogens with zero attached hydrogens (tertiary/aromatic N) is 1. The molecule has 2 amide bonds. The molecule has 19 heavy (non-hydrogen) atoms. The Labute approximate surface area is 115 Å². The largest absolute Gasteiger partial charge is 0.324 e. The highest BCUT2D eigenvalue weighted by Crippen LogP contribution is 2.36. The third-order valence-electron chi connectivity index (χ3n) is 4.60. The molecular formula is C16H22N2O. The van der Waals surface area contributed by atoms with Gasteiger partial charge in [-0.3, -0.25) is 0 Å². The molecule has 0 spiro atoms. The number of piperidine rings is 1. The highest BCUT2D eigenvalue weighted by atomic mass is 16.2. The number of carbonyl (C=O) groups is 1. The lowest BCUT2D eigenvalue weighted by atomic mass is 9.75. The van der Waals surface area contributed by atoms with Crippen molar-refractivity contribution in [1.29, 1.82) is 0 Å². The predicted molar refractivity (Wildman–Crippen MR) is 77.1 cm³/mol. The zero-order chi connectivity index (χ0) is 13.1. The molecular weight excluding hydrogens is 236 g/mol. The maximum absolute atomic E-state index is 12.3. The maximum atomic E-state index is 12.3. The zero-order valence-electron chi connectivity index (χ0n) is 11.3. The number of hydrogen-bond donors (Lipinski definition) is 1. The third kappa shape index (κ3) is 2.91. The first kappa shape index (κ1) is 12.5. The normalized spacial score (nSPS) is 26.6. The predicted octanol–water partition coefficient (Wildman–Crippen LogP) is 3.73. The molecule has 1 aliphatic carbocycles. The fourth-order valence-electron chi connectivity index (χ4n) is 3.51. The number of anilines is 1. The Hall–Kier alpha value is -1.51. The lowest BCUT2D eigenvalue weighted by Crippen LogP contribution is -2.46. The maximum Gasteiger partial charge on any atom is 0.321 e. The first-order valence-corrected chi connectivity index (χ1v) is 7.44. The molecule has 1 saturated heterocycles. The number of nitrogens with one attached hydrogen (secondary N) is 1. The molecule has 1 aromatic carbocycles. The van der Waals surface area contributed by atoms with Crippen molar-refractivity contribution >= 4 is 11.7 Å². The quantitative estimate of drug-likeness (QED) is 0.818. The first-order chi connectivity index (χ1) is 9.33. The van der Waals surface area contributed by atoms with Crippen LogP contribution >= 0.6 is 0 Å². The summed E-state index contributed by atoms with van der Waals surface area (Å²) in [6.45, 7) is 1.86. The Morgan fingerprint density at radius 3 is 2.58 bits per heavy atom. The second kappa shape index (κ2) is 5.64. The highest BCUT2D eigenvalue weighted by molar-refractivity contribution is 5.89. The van der Waals surface area contributed by atoms with Gasteiger partial charge in [0.15, 0.2) is 0 Å². The summed E-state index contributed by atoms with van der Waals surface area (Å²) < 4.78 is 0. The number of amides is 2. The second-order valence-corrected chi connectivity index (χ2v) is 5.84. The Balaban J connectivity index is 1.59. The van der Waals surface area contributed by atoms with Gasteiger partial charge in [0.2, 0.25) is 0 Å². The topological polar surface area (TPSA) is 32.3 Å². The molecule has 0 bridgehead atoms. The van der Waals surface area contributed by atoms with Crippen molar-refractivity contribution in [3.05, 3.63) is 30.3 Å². The van der Waals surface area contributed by atoms with E-state index in [1.54, 1.807) is 0 Å². The van der Waals surface area contributed by atoms with Crippen molar-refractivity contribution in [2.24, 2.45) is 11.8 Å². The van der Waals surface area contributed by atoms with E-state index < -0.39 is 0 Å². The van der Waals surface area contributed by atoms with E-state index in [0.29, 0.717) is 0 Å².